The fraction of sp³-hybridized carbons (Fsp3) is 0.346. The van der Waals surface area contributed by atoms with Crippen LogP contribution in [0, 0.1) is 11.3 Å². The van der Waals surface area contributed by atoms with Gasteiger partial charge >= 0.3 is 0 Å². The summed E-state index contributed by atoms with van der Waals surface area (Å²) in [4.78, 5) is 37.5. The van der Waals surface area contributed by atoms with E-state index in [4.69, 9.17) is 4.74 Å². The quantitative estimate of drug-likeness (QED) is 0.610. The van der Waals surface area contributed by atoms with Crippen LogP contribution < -0.4 is 10.1 Å². The molecule has 3 aromatic rings. The van der Waals surface area contributed by atoms with Crippen molar-refractivity contribution < 1.29 is 14.3 Å². The van der Waals surface area contributed by atoms with Gasteiger partial charge in [0.15, 0.2) is 18.2 Å². The van der Waals surface area contributed by atoms with Crippen molar-refractivity contribution >= 4 is 28.5 Å². The zero-order valence-electron chi connectivity index (χ0n) is 19.5. The summed E-state index contributed by atoms with van der Waals surface area (Å²) in [5, 5.41) is 12.9. The Morgan fingerprint density at radius 1 is 1.26 bits per heavy atom. The highest BCUT2D eigenvalue weighted by atomic mass is 16.5. The second kappa shape index (κ2) is 9.68. The summed E-state index contributed by atoms with van der Waals surface area (Å²) in [6.45, 7) is 2.66. The maximum absolute atomic E-state index is 13.0. The minimum atomic E-state index is -0.277. The number of likely N-dealkylation sites (tertiary alicyclic amines) is 1. The SMILES string of the molecule is CN(C(=O)c1ccc2c(n1)NC(=O)CO2)C1CCN(CCc2ccnc3ccc(C#N)cc23)CC1. The van der Waals surface area contributed by atoms with Gasteiger partial charge in [-0.25, -0.2) is 4.98 Å². The molecule has 9 nitrogen and oxygen atoms in total. The Bertz CT molecular complexity index is 1330. The average molecular weight is 471 g/mol. The molecule has 0 aliphatic carbocycles. The predicted molar refractivity (Wildman–Crippen MR) is 130 cm³/mol. The molecule has 35 heavy (non-hydrogen) atoms. The molecule has 0 saturated carbocycles. The molecule has 1 saturated heterocycles. The van der Waals surface area contributed by atoms with Crippen molar-refractivity contribution in [1.82, 2.24) is 19.8 Å². The maximum Gasteiger partial charge on any atom is 0.272 e. The highest BCUT2D eigenvalue weighted by Crippen LogP contribution is 2.26. The number of rotatable bonds is 5. The summed E-state index contributed by atoms with van der Waals surface area (Å²) in [5.41, 5.74) is 3.03. The van der Waals surface area contributed by atoms with Crippen molar-refractivity contribution in [3.05, 3.63) is 59.4 Å². The Morgan fingerprint density at radius 3 is 2.89 bits per heavy atom. The number of fused-ring (bicyclic) bond motifs is 2. The van der Waals surface area contributed by atoms with Gasteiger partial charge in [-0.05, 0) is 61.2 Å². The van der Waals surface area contributed by atoms with Crippen molar-refractivity contribution in [2.75, 3.05) is 38.6 Å². The second-order valence-electron chi connectivity index (χ2n) is 8.93. The molecule has 1 aromatic carbocycles. The van der Waals surface area contributed by atoms with Gasteiger partial charge in [-0.3, -0.25) is 14.6 Å². The molecule has 0 bridgehead atoms. The molecule has 0 spiro atoms. The van der Waals surface area contributed by atoms with Crippen LogP contribution >= 0.6 is 0 Å². The molecular weight excluding hydrogens is 444 g/mol. The summed E-state index contributed by atoms with van der Waals surface area (Å²) in [7, 11) is 1.81. The van der Waals surface area contributed by atoms with Gasteiger partial charge in [-0.15, -0.1) is 0 Å². The number of piperidine rings is 1. The van der Waals surface area contributed by atoms with Gasteiger partial charge in [0, 0.05) is 44.3 Å². The Balaban J connectivity index is 1.18. The first-order valence-electron chi connectivity index (χ1n) is 11.7. The van der Waals surface area contributed by atoms with E-state index in [0.29, 0.717) is 22.8 Å². The highest BCUT2D eigenvalue weighted by molar-refractivity contribution is 5.97. The number of pyridine rings is 2. The van der Waals surface area contributed by atoms with Crippen LogP contribution in [0.4, 0.5) is 5.82 Å². The fourth-order valence-electron chi connectivity index (χ4n) is 4.73. The molecular formula is C26H26N6O3. The van der Waals surface area contributed by atoms with Crippen LogP contribution in [-0.4, -0.2) is 70.9 Å². The predicted octanol–water partition coefficient (Wildman–Crippen LogP) is 2.61. The third-order valence-electron chi connectivity index (χ3n) is 6.78. The number of aromatic nitrogens is 2. The van der Waals surface area contributed by atoms with E-state index >= 15 is 0 Å². The van der Waals surface area contributed by atoms with Crippen molar-refractivity contribution in [1.29, 1.82) is 5.26 Å². The van der Waals surface area contributed by atoms with E-state index < -0.39 is 0 Å². The summed E-state index contributed by atoms with van der Waals surface area (Å²) >= 11 is 0. The maximum atomic E-state index is 13.0. The Kier molecular flexibility index (Phi) is 6.29. The van der Waals surface area contributed by atoms with E-state index in [9.17, 15) is 14.9 Å². The molecule has 0 unspecified atom stereocenters. The molecule has 4 heterocycles. The van der Waals surface area contributed by atoms with Gasteiger partial charge in [0.25, 0.3) is 11.8 Å². The van der Waals surface area contributed by atoms with Gasteiger partial charge in [0.2, 0.25) is 0 Å². The van der Waals surface area contributed by atoms with Crippen LogP contribution in [-0.2, 0) is 11.2 Å². The number of nitrogens with one attached hydrogen (secondary N) is 1. The van der Waals surface area contributed by atoms with E-state index in [1.165, 1.54) is 5.56 Å². The molecule has 2 aliphatic heterocycles. The van der Waals surface area contributed by atoms with Crippen molar-refractivity contribution in [2.24, 2.45) is 0 Å². The lowest BCUT2D eigenvalue weighted by molar-refractivity contribution is -0.118. The lowest BCUT2D eigenvalue weighted by Crippen LogP contribution is -2.46. The van der Waals surface area contributed by atoms with Crippen LogP contribution in [0.25, 0.3) is 10.9 Å². The topological polar surface area (TPSA) is 111 Å². The zero-order valence-corrected chi connectivity index (χ0v) is 19.5. The monoisotopic (exact) mass is 470 g/mol. The Hall–Kier alpha value is -4.03. The van der Waals surface area contributed by atoms with Gasteiger partial charge in [0.1, 0.15) is 5.69 Å². The number of hydrogen-bond acceptors (Lipinski definition) is 7. The number of amides is 2. The lowest BCUT2D eigenvalue weighted by Gasteiger charge is -2.36. The third-order valence-corrected chi connectivity index (χ3v) is 6.78. The number of carbonyl (C=O) groups excluding carboxylic acids is 2. The number of hydrogen-bond donors (Lipinski definition) is 1. The van der Waals surface area contributed by atoms with Crippen LogP contribution in [0.15, 0.2) is 42.6 Å². The van der Waals surface area contributed by atoms with E-state index in [2.05, 4.69) is 26.3 Å². The fourth-order valence-corrected chi connectivity index (χ4v) is 4.73. The number of nitrogens with zero attached hydrogens (tertiary/aromatic N) is 5. The van der Waals surface area contributed by atoms with Gasteiger partial charge in [0.05, 0.1) is 17.1 Å². The summed E-state index contributed by atoms with van der Waals surface area (Å²) in [5.74, 6) is 0.326. The van der Waals surface area contributed by atoms with Crippen LogP contribution in [0.1, 0.15) is 34.5 Å². The Labute approximate surface area is 203 Å². The standard InChI is InChI=1S/C26H26N6O3/c1-31(26(34)22-4-5-23-25(29-22)30-24(33)16-35-23)19-8-12-32(13-9-19)11-7-18-6-10-28-21-3-2-17(15-27)14-20(18)21/h2-6,10,14,19H,7-9,11-13,16H2,1H3,(H,29,30,33). The number of ether oxygens (including phenoxy) is 1. The number of anilines is 1. The molecule has 2 amide bonds. The minimum absolute atomic E-state index is 0.0429. The first-order valence-corrected chi connectivity index (χ1v) is 11.7. The van der Waals surface area contributed by atoms with Crippen molar-refractivity contribution in [3.63, 3.8) is 0 Å². The van der Waals surface area contributed by atoms with E-state index in [1.54, 1.807) is 23.1 Å². The van der Waals surface area contributed by atoms with Gasteiger partial charge in [-0.2, -0.15) is 5.26 Å². The first-order chi connectivity index (χ1) is 17.0. The van der Waals surface area contributed by atoms with Gasteiger partial charge < -0.3 is 19.9 Å². The van der Waals surface area contributed by atoms with E-state index in [-0.39, 0.29) is 24.5 Å². The summed E-state index contributed by atoms with van der Waals surface area (Å²) < 4.78 is 5.33. The van der Waals surface area contributed by atoms with Crippen LogP contribution in [0.2, 0.25) is 0 Å². The summed E-state index contributed by atoms with van der Waals surface area (Å²) in [6, 6.07) is 13.3. The van der Waals surface area contributed by atoms with Crippen LogP contribution in [0.5, 0.6) is 5.75 Å². The van der Waals surface area contributed by atoms with Gasteiger partial charge in [-0.1, -0.05) is 0 Å². The minimum Gasteiger partial charge on any atom is -0.480 e. The van der Waals surface area contributed by atoms with Crippen molar-refractivity contribution in [3.8, 4) is 11.8 Å². The highest BCUT2D eigenvalue weighted by Gasteiger charge is 2.28. The second-order valence-corrected chi connectivity index (χ2v) is 8.93. The summed E-state index contributed by atoms with van der Waals surface area (Å²) in [6.07, 6.45) is 4.45. The molecule has 9 heteroatoms. The molecule has 0 atom stereocenters. The van der Waals surface area contributed by atoms with E-state index in [0.717, 1.165) is 49.8 Å². The third kappa shape index (κ3) is 4.79. The molecule has 2 aromatic heterocycles. The molecule has 0 radical (unpaired) electrons. The zero-order chi connectivity index (χ0) is 24.4. The first kappa shape index (κ1) is 22.7. The number of nitriles is 1. The van der Waals surface area contributed by atoms with E-state index in [1.807, 2.05) is 31.4 Å². The Morgan fingerprint density at radius 2 is 2.09 bits per heavy atom. The molecule has 2 aliphatic rings. The van der Waals surface area contributed by atoms with Crippen LogP contribution in [0.3, 0.4) is 0 Å². The number of carbonyl (C=O) groups is 2. The number of benzene rings is 1. The smallest absolute Gasteiger partial charge is 0.272 e. The average Bonchev–Trinajstić information content (AvgIpc) is 2.90. The normalized spacial score (nSPS) is 16.2. The van der Waals surface area contributed by atoms with Crippen molar-refractivity contribution in [2.45, 2.75) is 25.3 Å². The molecule has 5 rings (SSSR count). The largest absolute Gasteiger partial charge is 0.480 e. The lowest BCUT2D eigenvalue weighted by atomic mass is 10.0. The molecule has 1 N–H and O–H groups in total. The molecule has 1 fully saturated rings. The molecule has 178 valence electrons.